The maximum absolute atomic E-state index is 5.82. The molecular formula is C15H23N3. The summed E-state index contributed by atoms with van der Waals surface area (Å²) in [5, 5.41) is 0. The number of hydrogen-bond acceptors (Lipinski definition) is 3. The van der Waals surface area contributed by atoms with Crippen LogP contribution in [0.25, 0.3) is 0 Å². The van der Waals surface area contributed by atoms with Crippen molar-refractivity contribution in [2.45, 2.75) is 31.8 Å². The summed E-state index contributed by atoms with van der Waals surface area (Å²) in [6, 6.07) is 9.18. The Bertz CT molecular complexity index is 392. The predicted molar refractivity (Wildman–Crippen MR) is 75.3 cm³/mol. The van der Waals surface area contributed by atoms with Gasteiger partial charge in [0.15, 0.2) is 0 Å². The molecule has 0 unspecified atom stereocenters. The number of nitrogens with two attached hydrogens (primary N) is 1. The van der Waals surface area contributed by atoms with Crippen LogP contribution in [0.1, 0.15) is 24.8 Å². The molecule has 3 nitrogen and oxygen atoms in total. The summed E-state index contributed by atoms with van der Waals surface area (Å²) < 4.78 is 0. The van der Waals surface area contributed by atoms with E-state index in [2.05, 4.69) is 28.0 Å². The summed E-state index contributed by atoms with van der Waals surface area (Å²) in [7, 11) is 0. The van der Waals surface area contributed by atoms with Crippen molar-refractivity contribution < 1.29 is 0 Å². The highest BCUT2D eigenvalue weighted by Gasteiger charge is 2.27. The van der Waals surface area contributed by atoms with Gasteiger partial charge in [-0.05, 0) is 30.5 Å². The standard InChI is InChI=1S/C15H23N3/c16-14-4-1-3-13(11-14)12-17-7-9-18(10-8-17)15-5-2-6-15/h1,3-4,11,15H,2,5-10,12,16H2. The Labute approximate surface area is 110 Å². The van der Waals surface area contributed by atoms with E-state index in [9.17, 15) is 0 Å². The minimum Gasteiger partial charge on any atom is -0.399 e. The molecule has 0 radical (unpaired) electrons. The van der Waals surface area contributed by atoms with Gasteiger partial charge >= 0.3 is 0 Å². The van der Waals surface area contributed by atoms with Crippen LogP contribution in [0, 0.1) is 0 Å². The van der Waals surface area contributed by atoms with E-state index in [-0.39, 0.29) is 0 Å². The number of rotatable bonds is 3. The number of nitrogens with zero attached hydrogens (tertiary/aromatic N) is 2. The van der Waals surface area contributed by atoms with Gasteiger partial charge in [-0.1, -0.05) is 18.6 Å². The van der Waals surface area contributed by atoms with E-state index in [4.69, 9.17) is 5.73 Å². The zero-order chi connectivity index (χ0) is 12.4. The number of nitrogen functional groups attached to an aromatic ring is 1. The molecule has 2 N–H and O–H groups in total. The molecule has 1 heterocycles. The van der Waals surface area contributed by atoms with Gasteiger partial charge in [-0.2, -0.15) is 0 Å². The lowest BCUT2D eigenvalue weighted by molar-refractivity contribution is 0.0587. The van der Waals surface area contributed by atoms with Crippen molar-refractivity contribution in [1.29, 1.82) is 0 Å². The van der Waals surface area contributed by atoms with Crippen molar-refractivity contribution >= 4 is 5.69 Å². The van der Waals surface area contributed by atoms with E-state index in [1.807, 2.05) is 6.07 Å². The fourth-order valence-corrected chi connectivity index (χ4v) is 2.99. The van der Waals surface area contributed by atoms with Gasteiger partial charge in [0.05, 0.1) is 0 Å². The first-order chi connectivity index (χ1) is 8.81. The van der Waals surface area contributed by atoms with Crippen LogP contribution in [-0.4, -0.2) is 42.0 Å². The maximum Gasteiger partial charge on any atom is 0.0317 e. The van der Waals surface area contributed by atoms with Crippen molar-refractivity contribution in [3.63, 3.8) is 0 Å². The molecule has 1 aromatic carbocycles. The van der Waals surface area contributed by atoms with Crippen LogP contribution in [0.5, 0.6) is 0 Å². The Morgan fingerprint density at radius 3 is 2.50 bits per heavy atom. The van der Waals surface area contributed by atoms with Crippen molar-refractivity contribution in [1.82, 2.24) is 9.80 Å². The van der Waals surface area contributed by atoms with Gasteiger partial charge in [0, 0.05) is 44.5 Å². The second kappa shape index (κ2) is 5.29. The van der Waals surface area contributed by atoms with E-state index >= 15 is 0 Å². The van der Waals surface area contributed by atoms with Crippen LogP contribution in [0.2, 0.25) is 0 Å². The summed E-state index contributed by atoms with van der Waals surface area (Å²) in [5.41, 5.74) is 8.04. The lowest BCUT2D eigenvalue weighted by atomic mass is 9.91. The minimum absolute atomic E-state index is 0.876. The summed E-state index contributed by atoms with van der Waals surface area (Å²) in [5.74, 6) is 0. The van der Waals surface area contributed by atoms with Gasteiger partial charge < -0.3 is 5.73 Å². The molecule has 3 heteroatoms. The highest BCUT2D eigenvalue weighted by Crippen LogP contribution is 2.25. The van der Waals surface area contributed by atoms with E-state index in [0.717, 1.165) is 18.3 Å². The number of anilines is 1. The zero-order valence-electron chi connectivity index (χ0n) is 11.0. The topological polar surface area (TPSA) is 32.5 Å². The van der Waals surface area contributed by atoms with Crippen molar-refractivity contribution in [3.8, 4) is 0 Å². The summed E-state index contributed by atoms with van der Waals surface area (Å²) in [6.45, 7) is 5.93. The molecular weight excluding hydrogens is 222 g/mol. The number of piperazine rings is 1. The van der Waals surface area contributed by atoms with Crippen LogP contribution < -0.4 is 5.73 Å². The molecule has 0 amide bonds. The maximum atomic E-state index is 5.82. The van der Waals surface area contributed by atoms with E-state index in [0.29, 0.717) is 0 Å². The first-order valence-corrected chi connectivity index (χ1v) is 7.12. The lowest BCUT2D eigenvalue weighted by Crippen LogP contribution is -2.51. The quantitative estimate of drug-likeness (QED) is 0.826. The molecule has 1 aliphatic carbocycles. The third-order valence-corrected chi connectivity index (χ3v) is 4.36. The van der Waals surface area contributed by atoms with E-state index < -0.39 is 0 Å². The van der Waals surface area contributed by atoms with Crippen LogP contribution in [0.4, 0.5) is 5.69 Å². The average Bonchev–Trinajstić information content (AvgIpc) is 2.29. The molecule has 1 saturated heterocycles. The normalized spacial score (nSPS) is 22.9. The van der Waals surface area contributed by atoms with Crippen LogP contribution in [0.15, 0.2) is 24.3 Å². The second-order valence-electron chi connectivity index (χ2n) is 5.64. The molecule has 1 aliphatic heterocycles. The molecule has 0 spiro atoms. The second-order valence-corrected chi connectivity index (χ2v) is 5.64. The highest BCUT2D eigenvalue weighted by atomic mass is 15.3. The molecule has 3 rings (SSSR count). The van der Waals surface area contributed by atoms with E-state index in [1.165, 1.54) is 51.0 Å². The Kier molecular flexibility index (Phi) is 3.52. The summed E-state index contributed by atoms with van der Waals surface area (Å²) in [6.07, 6.45) is 4.29. The van der Waals surface area contributed by atoms with E-state index in [1.54, 1.807) is 0 Å². The molecule has 0 atom stereocenters. The van der Waals surface area contributed by atoms with Crippen LogP contribution in [0.3, 0.4) is 0 Å². The molecule has 18 heavy (non-hydrogen) atoms. The minimum atomic E-state index is 0.876. The highest BCUT2D eigenvalue weighted by molar-refractivity contribution is 5.40. The first kappa shape index (κ1) is 12.0. The predicted octanol–water partition coefficient (Wildman–Crippen LogP) is 1.94. The van der Waals surface area contributed by atoms with Gasteiger partial charge in [0.25, 0.3) is 0 Å². The average molecular weight is 245 g/mol. The van der Waals surface area contributed by atoms with Crippen LogP contribution >= 0.6 is 0 Å². The largest absolute Gasteiger partial charge is 0.399 e. The molecule has 0 bridgehead atoms. The first-order valence-electron chi connectivity index (χ1n) is 7.12. The summed E-state index contributed by atoms with van der Waals surface area (Å²) in [4.78, 5) is 5.23. The van der Waals surface area contributed by atoms with Gasteiger partial charge in [0.1, 0.15) is 0 Å². The Morgan fingerprint density at radius 2 is 1.89 bits per heavy atom. The van der Waals surface area contributed by atoms with Gasteiger partial charge in [-0.3, -0.25) is 9.80 Å². The fourth-order valence-electron chi connectivity index (χ4n) is 2.99. The van der Waals surface area contributed by atoms with Crippen molar-refractivity contribution in [2.24, 2.45) is 0 Å². The SMILES string of the molecule is Nc1cccc(CN2CCN(C3CCC3)CC2)c1. The zero-order valence-corrected chi connectivity index (χ0v) is 11.0. The number of hydrogen-bond donors (Lipinski definition) is 1. The van der Waals surface area contributed by atoms with Gasteiger partial charge in [0.2, 0.25) is 0 Å². The lowest BCUT2D eigenvalue weighted by Gasteiger charge is -2.43. The Balaban J connectivity index is 1.50. The monoisotopic (exact) mass is 245 g/mol. The third-order valence-electron chi connectivity index (χ3n) is 4.36. The summed E-state index contributed by atoms with van der Waals surface area (Å²) >= 11 is 0. The molecule has 98 valence electrons. The van der Waals surface area contributed by atoms with Crippen molar-refractivity contribution in [2.75, 3.05) is 31.9 Å². The molecule has 0 aromatic heterocycles. The molecule has 1 aromatic rings. The Hall–Kier alpha value is -1.06. The molecule has 1 saturated carbocycles. The number of benzene rings is 1. The Morgan fingerprint density at radius 1 is 1.11 bits per heavy atom. The van der Waals surface area contributed by atoms with Gasteiger partial charge in [-0.25, -0.2) is 0 Å². The molecule has 2 fully saturated rings. The van der Waals surface area contributed by atoms with Crippen LogP contribution in [-0.2, 0) is 6.54 Å². The smallest absolute Gasteiger partial charge is 0.0317 e. The van der Waals surface area contributed by atoms with Crippen molar-refractivity contribution in [3.05, 3.63) is 29.8 Å². The third kappa shape index (κ3) is 2.68. The van der Waals surface area contributed by atoms with Gasteiger partial charge in [-0.15, -0.1) is 0 Å². The fraction of sp³-hybridized carbons (Fsp3) is 0.600. The molecule has 2 aliphatic rings.